The summed E-state index contributed by atoms with van der Waals surface area (Å²) in [5.41, 5.74) is 0.459. The van der Waals surface area contributed by atoms with E-state index in [-0.39, 0.29) is 23.3 Å². The lowest BCUT2D eigenvalue weighted by atomic mass is 9.78. The normalized spacial score (nSPS) is 22.4. The van der Waals surface area contributed by atoms with E-state index in [9.17, 15) is 19.5 Å². The second-order valence-corrected chi connectivity index (χ2v) is 11.7. The summed E-state index contributed by atoms with van der Waals surface area (Å²) in [5, 5.41) is 23.1. The van der Waals surface area contributed by atoms with E-state index in [1.807, 2.05) is 31.2 Å². The third-order valence-corrected chi connectivity index (χ3v) is 9.03. The lowest BCUT2D eigenvalue weighted by Gasteiger charge is -2.52. The summed E-state index contributed by atoms with van der Waals surface area (Å²) in [4.78, 5) is 42.5. The monoisotopic (exact) mass is 563 g/mol. The van der Waals surface area contributed by atoms with E-state index in [0.29, 0.717) is 44.0 Å². The van der Waals surface area contributed by atoms with Crippen molar-refractivity contribution in [3.63, 3.8) is 0 Å². The van der Waals surface area contributed by atoms with Crippen LogP contribution < -0.4 is 10.1 Å². The molecule has 2 atom stereocenters. The largest absolute Gasteiger partial charge is 0.478 e. The Balaban J connectivity index is 1.19. The Bertz CT molecular complexity index is 1220. The first kappa shape index (κ1) is 29.1. The van der Waals surface area contributed by atoms with Crippen LogP contribution >= 0.6 is 0 Å². The molecule has 220 valence electrons. The number of aliphatic hydroxyl groups is 1. The van der Waals surface area contributed by atoms with Crippen molar-refractivity contribution in [3.05, 3.63) is 59.7 Å². The molecule has 3 N–H and O–H groups in total. The van der Waals surface area contributed by atoms with Gasteiger partial charge < -0.3 is 25.2 Å². The number of likely N-dealkylation sites (tertiary alicyclic amines) is 1. The maximum absolute atomic E-state index is 13.7. The second-order valence-electron chi connectivity index (χ2n) is 11.7. The number of carboxylic acids is 1. The van der Waals surface area contributed by atoms with Gasteiger partial charge in [-0.2, -0.15) is 0 Å². The molecule has 1 unspecified atom stereocenters. The molecule has 9 nitrogen and oxygen atoms in total. The minimum absolute atomic E-state index is 0.0617. The van der Waals surface area contributed by atoms with Gasteiger partial charge in [0.2, 0.25) is 11.8 Å². The number of piperazine rings is 1. The van der Waals surface area contributed by atoms with E-state index in [1.54, 1.807) is 17.0 Å². The summed E-state index contributed by atoms with van der Waals surface area (Å²) in [7, 11) is 0. The molecular weight excluding hydrogens is 522 g/mol. The molecule has 0 bridgehead atoms. The molecule has 3 fully saturated rings. The number of aliphatic hydroxyl groups excluding tert-OH is 1. The van der Waals surface area contributed by atoms with Crippen molar-refractivity contribution in [2.75, 3.05) is 19.6 Å². The van der Waals surface area contributed by atoms with Gasteiger partial charge in [0.25, 0.3) is 0 Å². The lowest BCUT2D eigenvalue weighted by molar-refractivity contribution is -0.165. The van der Waals surface area contributed by atoms with E-state index in [0.717, 1.165) is 50.6 Å². The average molecular weight is 564 g/mol. The minimum atomic E-state index is -0.976. The fourth-order valence-electron chi connectivity index (χ4n) is 6.67. The number of aromatic carboxylic acids is 1. The van der Waals surface area contributed by atoms with Crippen LogP contribution in [-0.4, -0.2) is 75.1 Å². The van der Waals surface area contributed by atoms with Crippen LogP contribution in [0.5, 0.6) is 11.5 Å². The van der Waals surface area contributed by atoms with Crippen molar-refractivity contribution in [3.8, 4) is 11.5 Å². The Kier molecular flexibility index (Phi) is 8.94. The molecular formula is C32H41N3O6. The quantitative estimate of drug-likeness (QED) is 0.419. The molecule has 1 aliphatic carbocycles. The summed E-state index contributed by atoms with van der Waals surface area (Å²) < 4.78 is 5.85. The molecule has 0 aromatic heterocycles. The molecule has 2 saturated heterocycles. The molecule has 5 rings (SSSR count). The number of piperidine rings is 1. The van der Waals surface area contributed by atoms with E-state index >= 15 is 0 Å². The Labute approximate surface area is 241 Å². The maximum Gasteiger partial charge on any atom is 0.335 e. The average Bonchev–Trinajstić information content (AvgIpc) is 2.99. The van der Waals surface area contributed by atoms with Crippen LogP contribution in [0, 0.1) is 5.92 Å². The number of carbonyl (C=O) groups excluding carboxylic acids is 2. The van der Waals surface area contributed by atoms with E-state index in [1.165, 1.54) is 12.1 Å². The van der Waals surface area contributed by atoms with Crippen LogP contribution in [0.15, 0.2) is 48.5 Å². The Morgan fingerprint density at radius 2 is 1.61 bits per heavy atom. The van der Waals surface area contributed by atoms with Crippen LogP contribution in [0.3, 0.4) is 0 Å². The zero-order valence-electron chi connectivity index (χ0n) is 23.8. The first-order chi connectivity index (χ1) is 19.8. The number of nitrogens with zero attached hydrogens (tertiary/aromatic N) is 2. The van der Waals surface area contributed by atoms with Gasteiger partial charge >= 0.3 is 5.97 Å². The summed E-state index contributed by atoms with van der Waals surface area (Å²) in [5.74, 6) is 0.0539. The molecule has 2 amide bonds. The van der Waals surface area contributed by atoms with Crippen molar-refractivity contribution >= 4 is 17.8 Å². The fourth-order valence-corrected chi connectivity index (χ4v) is 6.67. The summed E-state index contributed by atoms with van der Waals surface area (Å²) in [6, 6.07) is 13.2. The molecule has 9 heteroatoms. The SMILES string of the molecule is CCCN1C(=O)C([C@@H](O)C2CCCCC2)NC(=O)C12CCN(Cc1ccc(Oc3ccc(C(=O)O)cc3)cc1)CC2. The zero-order valence-corrected chi connectivity index (χ0v) is 23.8. The molecule has 2 aromatic rings. The van der Waals surface area contributed by atoms with Crippen LogP contribution in [0.25, 0.3) is 0 Å². The first-order valence-electron chi connectivity index (χ1n) is 14.9. The summed E-state index contributed by atoms with van der Waals surface area (Å²) in [6.07, 6.45) is 6.14. The highest BCUT2D eigenvalue weighted by Gasteiger charge is 2.55. The molecule has 1 saturated carbocycles. The fraction of sp³-hybridized carbons (Fsp3) is 0.531. The topological polar surface area (TPSA) is 119 Å². The van der Waals surface area contributed by atoms with Crippen LogP contribution in [-0.2, 0) is 16.1 Å². The van der Waals surface area contributed by atoms with Gasteiger partial charge in [-0.3, -0.25) is 14.5 Å². The second kappa shape index (κ2) is 12.6. The van der Waals surface area contributed by atoms with E-state index in [2.05, 4.69) is 10.2 Å². The van der Waals surface area contributed by atoms with Gasteiger partial charge in [0.15, 0.2) is 0 Å². The van der Waals surface area contributed by atoms with Crippen molar-refractivity contribution in [2.45, 2.75) is 82.5 Å². The van der Waals surface area contributed by atoms with Crippen molar-refractivity contribution in [2.24, 2.45) is 5.92 Å². The first-order valence-corrected chi connectivity index (χ1v) is 14.9. The molecule has 3 aliphatic rings. The molecule has 2 aromatic carbocycles. The number of carbonyl (C=O) groups is 3. The van der Waals surface area contributed by atoms with Gasteiger partial charge in [0.05, 0.1) is 11.7 Å². The van der Waals surface area contributed by atoms with E-state index < -0.39 is 23.7 Å². The van der Waals surface area contributed by atoms with Crippen LogP contribution in [0.1, 0.15) is 74.2 Å². The highest BCUT2D eigenvalue weighted by atomic mass is 16.5. The van der Waals surface area contributed by atoms with E-state index in [4.69, 9.17) is 9.84 Å². The smallest absolute Gasteiger partial charge is 0.335 e. The predicted molar refractivity (Wildman–Crippen MR) is 154 cm³/mol. The number of ether oxygens (including phenoxy) is 1. The Morgan fingerprint density at radius 3 is 2.20 bits per heavy atom. The van der Waals surface area contributed by atoms with Gasteiger partial charge in [0.1, 0.15) is 23.1 Å². The highest BCUT2D eigenvalue weighted by molar-refractivity contribution is 6.00. The standard InChI is InChI=1S/C32H41N3O6/c1-2-18-35-29(37)27(28(36)23-6-4-3-5-7-23)33-31(40)32(35)16-19-34(20-17-32)21-22-8-12-25(13-9-22)41-26-14-10-24(11-15-26)30(38)39/h8-15,23,27-28,36H,2-7,16-21H2,1H3,(H,33,40)(H,38,39)/t27?,28-/m0/s1. The van der Waals surface area contributed by atoms with Crippen molar-refractivity contribution < 1.29 is 29.3 Å². The zero-order chi connectivity index (χ0) is 29.0. The summed E-state index contributed by atoms with van der Waals surface area (Å²) >= 11 is 0. The molecule has 41 heavy (non-hydrogen) atoms. The number of carboxylic acid groups (broad SMARTS) is 1. The number of amides is 2. The predicted octanol–water partition coefficient (Wildman–Crippen LogP) is 4.19. The Morgan fingerprint density at radius 1 is 1.00 bits per heavy atom. The lowest BCUT2D eigenvalue weighted by Crippen LogP contribution is -2.75. The van der Waals surface area contributed by atoms with Crippen LogP contribution in [0.2, 0.25) is 0 Å². The van der Waals surface area contributed by atoms with Crippen molar-refractivity contribution in [1.29, 1.82) is 0 Å². The Hall–Kier alpha value is -3.43. The van der Waals surface area contributed by atoms with Crippen molar-refractivity contribution in [1.82, 2.24) is 15.1 Å². The van der Waals surface area contributed by atoms with Gasteiger partial charge in [-0.25, -0.2) is 4.79 Å². The van der Waals surface area contributed by atoms with Gasteiger partial charge in [-0.1, -0.05) is 38.3 Å². The maximum atomic E-state index is 13.7. The number of hydrogen-bond acceptors (Lipinski definition) is 6. The highest BCUT2D eigenvalue weighted by Crippen LogP contribution is 2.36. The van der Waals surface area contributed by atoms with Gasteiger partial charge in [-0.05, 0) is 80.0 Å². The third kappa shape index (κ3) is 6.26. The van der Waals surface area contributed by atoms with Gasteiger partial charge in [-0.15, -0.1) is 0 Å². The molecule has 0 radical (unpaired) electrons. The van der Waals surface area contributed by atoms with Crippen LogP contribution in [0.4, 0.5) is 0 Å². The number of hydrogen-bond donors (Lipinski definition) is 3. The molecule has 2 aliphatic heterocycles. The number of benzene rings is 2. The van der Waals surface area contributed by atoms with Gasteiger partial charge in [0, 0.05) is 26.2 Å². The third-order valence-electron chi connectivity index (χ3n) is 9.03. The molecule has 1 spiro atoms. The summed E-state index contributed by atoms with van der Waals surface area (Å²) in [6.45, 7) is 4.63. The number of nitrogens with one attached hydrogen (secondary N) is 1. The number of rotatable bonds is 9. The minimum Gasteiger partial charge on any atom is -0.478 e. The molecule has 2 heterocycles.